The largest absolute Gasteiger partial charge is 0.350 e. The lowest BCUT2D eigenvalue weighted by Gasteiger charge is -2.13. The lowest BCUT2D eigenvalue weighted by molar-refractivity contribution is 0.0939. The summed E-state index contributed by atoms with van der Waals surface area (Å²) in [6.07, 6.45) is 0.834. The van der Waals surface area contributed by atoms with Crippen LogP contribution < -0.4 is 10.9 Å². The molecular formula is C22H22ClN5O2S. The highest BCUT2D eigenvalue weighted by atomic mass is 35.5. The number of halogens is 1. The summed E-state index contributed by atoms with van der Waals surface area (Å²) < 4.78 is 3.30. The maximum absolute atomic E-state index is 12.8. The topological polar surface area (TPSA) is 81.3 Å². The van der Waals surface area contributed by atoms with Gasteiger partial charge in [-0.05, 0) is 49.2 Å². The standard InChI is InChI=1S/C22H22ClN5O2S/c1-4-13(2)24-19(29)15-7-10-17-18(11-15)28-21(27(3)20(17)30)25-26-22(28)31-12-14-5-8-16(23)9-6-14/h5-11,13H,4,12H2,1-3H3,(H,24,29)/t13-/m1/s1. The fraction of sp³-hybridized carbons (Fsp3) is 0.273. The van der Waals surface area contributed by atoms with Crippen molar-refractivity contribution in [1.82, 2.24) is 24.5 Å². The minimum atomic E-state index is -0.182. The number of amides is 1. The second kappa shape index (κ2) is 8.72. The molecule has 2 heterocycles. The van der Waals surface area contributed by atoms with E-state index in [2.05, 4.69) is 15.5 Å². The monoisotopic (exact) mass is 455 g/mol. The van der Waals surface area contributed by atoms with Gasteiger partial charge in [0.1, 0.15) is 0 Å². The summed E-state index contributed by atoms with van der Waals surface area (Å²) in [4.78, 5) is 25.5. The molecule has 31 heavy (non-hydrogen) atoms. The molecule has 1 atom stereocenters. The van der Waals surface area contributed by atoms with E-state index in [-0.39, 0.29) is 17.5 Å². The normalized spacial score (nSPS) is 12.4. The number of carbonyl (C=O) groups excluding carboxylic acids is 1. The predicted molar refractivity (Wildman–Crippen MR) is 124 cm³/mol. The number of rotatable bonds is 6. The van der Waals surface area contributed by atoms with E-state index in [4.69, 9.17) is 11.6 Å². The van der Waals surface area contributed by atoms with Crippen molar-refractivity contribution in [2.45, 2.75) is 37.2 Å². The van der Waals surface area contributed by atoms with Gasteiger partial charge in [0.2, 0.25) is 5.78 Å². The highest BCUT2D eigenvalue weighted by Gasteiger charge is 2.17. The van der Waals surface area contributed by atoms with Crippen LogP contribution in [0, 0.1) is 0 Å². The molecule has 0 saturated heterocycles. The summed E-state index contributed by atoms with van der Waals surface area (Å²) in [7, 11) is 1.67. The average Bonchev–Trinajstić information content (AvgIpc) is 3.21. The molecule has 0 aliphatic rings. The number of hydrogen-bond acceptors (Lipinski definition) is 5. The zero-order valence-corrected chi connectivity index (χ0v) is 19.0. The molecule has 1 amide bonds. The molecule has 0 spiro atoms. The molecule has 0 fully saturated rings. The van der Waals surface area contributed by atoms with Gasteiger partial charge >= 0.3 is 0 Å². The number of nitrogens with zero attached hydrogens (tertiary/aromatic N) is 4. The van der Waals surface area contributed by atoms with Gasteiger partial charge in [-0.2, -0.15) is 0 Å². The van der Waals surface area contributed by atoms with E-state index in [0.717, 1.165) is 12.0 Å². The third kappa shape index (κ3) is 4.18. The van der Waals surface area contributed by atoms with Crippen LogP contribution in [0.3, 0.4) is 0 Å². The first-order valence-corrected chi connectivity index (χ1v) is 11.3. The molecule has 7 nitrogen and oxygen atoms in total. The van der Waals surface area contributed by atoms with Crippen molar-refractivity contribution in [2.75, 3.05) is 0 Å². The highest BCUT2D eigenvalue weighted by molar-refractivity contribution is 7.98. The van der Waals surface area contributed by atoms with Crippen LogP contribution in [0.1, 0.15) is 36.2 Å². The van der Waals surface area contributed by atoms with Gasteiger partial charge in [-0.1, -0.05) is 42.4 Å². The number of aromatic nitrogens is 4. The van der Waals surface area contributed by atoms with Crippen LogP contribution in [0.5, 0.6) is 0 Å². The smallest absolute Gasteiger partial charge is 0.262 e. The van der Waals surface area contributed by atoms with Crippen LogP contribution in [0.15, 0.2) is 52.4 Å². The molecule has 4 aromatic rings. The van der Waals surface area contributed by atoms with Gasteiger partial charge < -0.3 is 5.32 Å². The first kappa shape index (κ1) is 21.4. The minimum absolute atomic E-state index is 0.0623. The molecular weight excluding hydrogens is 434 g/mol. The Balaban J connectivity index is 1.79. The lowest BCUT2D eigenvalue weighted by Crippen LogP contribution is -2.32. The second-order valence-electron chi connectivity index (χ2n) is 7.41. The Morgan fingerprint density at radius 3 is 2.65 bits per heavy atom. The molecule has 0 unspecified atom stereocenters. The Morgan fingerprint density at radius 2 is 1.94 bits per heavy atom. The average molecular weight is 456 g/mol. The molecule has 0 bridgehead atoms. The van der Waals surface area contributed by atoms with Gasteiger partial charge in [-0.25, -0.2) is 0 Å². The molecule has 0 aliphatic heterocycles. The molecule has 0 radical (unpaired) electrons. The fourth-order valence-electron chi connectivity index (χ4n) is 3.23. The number of hydrogen-bond donors (Lipinski definition) is 1. The number of fused-ring (bicyclic) bond motifs is 3. The Kier molecular flexibility index (Phi) is 6.02. The Bertz CT molecular complexity index is 1330. The molecule has 0 saturated carbocycles. The maximum atomic E-state index is 12.8. The maximum Gasteiger partial charge on any atom is 0.262 e. The van der Waals surface area contributed by atoms with Crippen molar-refractivity contribution in [3.05, 3.63) is 69.0 Å². The summed E-state index contributed by atoms with van der Waals surface area (Å²) >= 11 is 7.47. The number of benzene rings is 2. The van der Waals surface area contributed by atoms with Crippen molar-refractivity contribution in [2.24, 2.45) is 7.05 Å². The predicted octanol–water partition coefficient (Wildman–Crippen LogP) is 4.06. The minimum Gasteiger partial charge on any atom is -0.350 e. The van der Waals surface area contributed by atoms with E-state index in [9.17, 15) is 9.59 Å². The van der Waals surface area contributed by atoms with Crippen LogP contribution in [-0.4, -0.2) is 31.1 Å². The number of nitrogens with one attached hydrogen (secondary N) is 1. The van der Waals surface area contributed by atoms with Crippen LogP contribution in [-0.2, 0) is 12.8 Å². The molecule has 2 aromatic carbocycles. The lowest BCUT2D eigenvalue weighted by atomic mass is 10.1. The summed E-state index contributed by atoms with van der Waals surface area (Å²) in [6.45, 7) is 3.97. The zero-order chi connectivity index (χ0) is 22.1. The SMILES string of the molecule is CC[C@@H](C)NC(=O)c1ccc2c(=O)n(C)c3nnc(SCc4ccc(Cl)cc4)n3c2c1. The van der Waals surface area contributed by atoms with Crippen molar-refractivity contribution in [1.29, 1.82) is 0 Å². The van der Waals surface area contributed by atoms with E-state index in [1.807, 2.05) is 42.5 Å². The number of aryl methyl sites for hydroxylation is 1. The Hall–Kier alpha value is -2.84. The molecule has 0 aliphatic carbocycles. The summed E-state index contributed by atoms with van der Waals surface area (Å²) in [6, 6.07) is 12.8. The number of thioether (sulfide) groups is 1. The highest BCUT2D eigenvalue weighted by Crippen LogP contribution is 2.25. The van der Waals surface area contributed by atoms with E-state index in [1.54, 1.807) is 25.2 Å². The first-order chi connectivity index (χ1) is 14.9. The molecule has 160 valence electrons. The van der Waals surface area contributed by atoms with Gasteiger partial charge in [-0.3, -0.25) is 18.6 Å². The summed E-state index contributed by atoms with van der Waals surface area (Å²) in [5, 5.41) is 13.3. The molecule has 2 aromatic heterocycles. The first-order valence-electron chi connectivity index (χ1n) is 9.95. The van der Waals surface area contributed by atoms with Crippen molar-refractivity contribution < 1.29 is 4.79 Å². The van der Waals surface area contributed by atoms with Crippen LogP contribution in [0.4, 0.5) is 0 Å². The van der Waals surface area contributed by atoms with Gasteiger partial charge in [0.15, 0.2) is 5.16 Å². The zero-order valence-electron chi connectivity index (χ0n) is 17.4. The molecule has 4 rings (SSSR count). The van der Waals surface area contributed by atoms with Gasteiger partial charge in [-0.15, -0.1) is 10.2 Å². The van der Waals surface area contributed by atoms with Crippen LogP contribution in [0.2, 0.25) is 5.02 Å². The van der Waals surface area contributed by atoms with Gasteiger partial charge in [0.05, 0.1) is 10.9 Å². The van der Waals surface area contributed by atoms with Gasteiger partial charge in [0, 0.05) is 29.4 Å². The van der Waals surface area contributed by atoms with Crippen molar-refractivity contribution in [3.63, 3.8) is 0 Å². The third-order valence-electron chi connectivity index (χ3n) is 5.22. The third-order valence-corrected chi connectivity index (χ3v) is 6.48. The Labute approximate surface area is 188 Å². The van der Waals surface area contributed by atoms with Crippen LogP contribution in [0.25, 0.3) is 16.7 Å². The van der Waals surface area contributed by atoms with Crippen molar-refractivity contribution in [3.8, 4) is 0 Å². The molecule has 9 heteroatoms. The summed E-state index contributed by atoms with van der Waals surface area (Å²) in [5.41, 5.74) is 2.01. The summed E-state index contributed by atoms with van der Waals surface area (Å²) in [5.74, 6) is 0.917. The Morgan fingerprint density at radius 1 is 1.19 bits per heavy atom. The quantitative estimate of drug-likeness (QED) is 0.443. The van der Waals surface area contributed by atoms with E-state index in [1.165, 1.54) is 16.3 Å². The molecule has 1 N–H and O–H groups in total. The fourth-order valence-corrected chi connectivity index (χ4v) is 4.25. The van der Waals surface area contributed by atoms with E-state index in [0.29, 0.717) is 38.2 Å². The van der Waals surface area contributed by atoms with E-state index < -0.39 is 0 Å². The second-order valence-corrected chi connectivity index (χ2v) is 8.79. The van der Waals surface area contributed by atoms with Crippen LogP contribution >= 0.6 is 23.4 Å². The van der Waals surface area contributed by atoms with Crippen molar-refractivity contribution >= 4 is 46.0 Å². The van der Waals surface area contributed by atoms with E-state index >= 15 is 0 Å². The van der Waals surface area contributed by atoms with Gasteiger partial charge in [0.25, 0.3) is 11.5 Å². The number of carbonyl (C=O) groups is 1.